The van der Waals surface area contributed by atoms with E-state index in [0.29, 0.717) is 13.2 Å². The van der Waals surface area contributed by atoms with E-state index in [9.17, 15) is 0 Å². The molecule has 1 N–H and O–H groups in total. The lowest BCUT2D eigenvalue weighted by atomic mass is 10.0. The highest BCUT2D eigenvalue weighted by Crippen LogP contribution is 2.18. The minimum Gasteiger partial charge on any atom is -0.379 e. The second kappa shape index (κ2) is 10.8. The summed E-state index contributed by atoms with van der Waals surface area (Å²) in [6.45, 7) is 9.51. The van der Waals surface area contributed by atoms with Crippen LogP contribution in [-0.4, -0.2) is 32.5 Å². The van der Waals surface area contributed by atoms with Crippen molar-refractivity contribution in [3.63, 3.8) is 0 Å². The van der Waals surface area contributed by atoms with E-state index in [1.54, 1.807) is 0 Å². The molecule has 114 valence electrons. The summed E-state index contributed by atoms with van der Waals surface area (Å²) in [7, 11) is 0. The third-order valence-electron chi connectivity index (χ3n) is 3.30. The SMILES string of the molecule is CCCCOCCOC(C)C(NCC)c1ccccc1. The van der Waals surface area contributed by atoms with Crippen LogP contribution in [0.2, 0.25) is 0 Å². The maximum absolute atomic E-state index is 5.90. The Kier molecular flexibility index (Phi) is 9.29. The average Bonchev–Trinajstić information content (AvgIpc) is 2.49. The van der Waals surface area contributed by atoms with E-state index in [4.69, 9.17) is 9.47 Å². The van der Waals surface area contributed by atoms with Gasteiger partial charge in [0.05, 0.1) is 25.4 Å². The average molecular weight is 279 g/mol. The van der Waals surface area contributed by atoms with Crippen molar-refractivity contribution in [2.75, 3.05) is 26.4 Å². The Balaban J connectivity index is 2.35. The maximum Gasteiger partial charge on any atom is 0.0742 e. The van der Waals surface area contributed by atoms with Crippen molar-refractivity contribution in [1.82, 2.24) is 5.32 Å². The van der Waals surface area contributed by atoms with Gasteiger partial charge < -0.3 is 14.8 Å². The van der Waals surface area contributed by atoms with E-state index in [2.05, 4.69) is 50.4 Å². The summed E-state index contributed by atoms with van der Waals surface area (Å²) < 4.78 is 11.4. The monoisotopic (exact) mass is 279 g/mol. The molecule has 3 nitrogen and oxygen atoms in total. The third kappa shape index (κ3) is 6.51. The Morgan fingerprint density at radius 1 is 1.05 bits per heavy atom. The first kappa shape index (κ1) is 17.2. The topological polar surface area (TPSA) is 30.5 Å². The summed E-state index contributed by atoms with van der Waals surface area (Å²) in [5.41, 5.74) is 1.27. The Morgan fingerprint density at radius 2 is 1.80 bits per heavy atom. The second-order valence-corrected chi connectivity index (χ2v) is 4.99. The van der Waals surface area contributed by atoms with Gasteiger partial charge in [0, 0.05) is 6.61 Å². The molecule has 0 aromatic heterocycles. The first-order valence-corrected chi connectivity index (χ1v) is 7.77. The van der Waals surface area contributed by atoms with Crippen molar-refractivity contribution in [3.8, 4) is 0 Å². The van der Waals surface area contributed by atoms with Crippen molar-refractivity contribution < 1.29 is 9.47 Å². The van der Waals surface area contributed by atoms with E-state index in [-0.39, 0.29) is 12.1 Å². The molecule has 0 aliphatic rings. The molecule has 1 rings (SSSR count). The quantitative estimate of drug-likeness (QED) is 0.628. The summed E-state index contributed by atoms with van der Waals surface area (Å²) >= 11 is 0. The van der Waals surface area contributed by atoms with Crippen molar-refractivity contribution in [2.24, 2.45) is 0 Å². The molecular weight excluding hydrogens is 250 g/mol. The molecule has 1 aromatic carbocycles. The molecule has 0 amide bonds. The van der Waals surface area contributed by atoms with Gasteiger partial charge in [0.1, 0.15) is 0 Å². The van der Waals surface area contributed by atoms with Crippen molar-refractivity contribution in [2.45, 2.75) is 45.8 Å². The van der Waals surface area contributed by atoms with Crippen LogP contribution in [0.15, 0.2) is 30.3 Å². The Bertz CT molecular complexity index is 329. The molecule has 0 heterocycles. The summed E-state index contributed by atoms with van der Waals surface area (Å²) in [4.78, 5) is 0. The Labute approximate surface area is 123 Å². The normalized spacial score (nSPS) is 14.2. The molecule has 1 aromatic rings. The molecule has 3 heteroatoms. The predicted octanol–water partition coefficient (Wildman–Crippen LogP) is 3.56. The smallest absolute Gasteiger partial charge is 0.0742 e. The highest BCUT2D eigenvalue weighted by atomic mass is 16.5. The molecule has 0 fully saturated rings. The summed E-state index contributed by atoms with van der Waals surface area (Å²) in [6, 6.07) is 10.7. The largest absolute Gasteiger partial charge is 0.379 e. The molecule has 0 bridgehead atoms. The van der Waals surface area contributed by atoms with Crippen LogP contribution in [0.25, 0.3) is 0 Å². The fourth-order valence-corrected chi connectivity index (χ4v) is 2.17. The third-order valence-corrected chi connectivity index (χ3v) is 3.30. The first-order valence-electron chi connectivity index (χ1n) is 7.77. The van der Waals surface area contributed by atoms with Gasteiger partial charge in [0.25, 0.3) is 0 Å². The summed E-state index contributed by atoms with van der Waals surface area (Å²) in [5.74, 6) is 0. The van der Waals surface area contributed by atoms with E-state index in [0.717, 1.165) is 19.6 Å². The molecular formula is C17H29NO2. The van der Waals surface area contributed by atoms with Gasteiger partial charge in [0.2, 0.25) is 0 Å². The highest BCUT2D eigenvalue weighted by molar-refractivity contribution is 5.19. The van der Waals surface area contributed by atoms with E-state index in [1.165, 1.54) is 12.0 Å². The molecule has 0 spiro atoms. The molecule has 2 atom stereocenters. The van der Waals surface area contributed by atoms with E-state index in [1.807, 2.05) is 6.07 Å². The fourth-order valence-electron chi connectivity index (χ4n) is 2.17. The Hall–Kier alpha value is -0.900. The second-order valence-electron chi connectivity index (χ2n) is 4.99. The standard InChI is InChI=1S/C17H29NO2/c1-4-6-12-19-13-14-20-15(3)17(18-5-2)16-10-8-7-9-11-16/h7-11,15,17-18H,4-6,12-14H2,1-3H3. The summed E-state index contributed by atoms with van der Waals surface area (Å²) in [6.07, 6.45) is 2.43. The number of nitrogens with one attached hydrogen (secondary N) is 1. The van der Waals surface area contributed by atoms with Crippen LogP contribution in [-0.2, 0) is 9.47 Å². The van der Waals surface area contributed by atoms with Crippen LogP contribution in [0, 0.1) is 0 Å². The van der Waals surface area contributed by atoms with Gasteiger partial charge in [-0.2, -0.15) is 0 Å². The van der Waals surface area contributed by atoms with Crippen molar-refractivity contribution in [1.29, 1.82) is 0 Å². The molecule has 20 heavy (non-hydrogen) atoms. The Morgan fingerprint density at radius 3 is 2.45 bits per heavy atom. The first-order chi connectivity index (χ1) is 9.79. The number of rotatable bonds is 11. The van der Waals surface area contributed by atoms with Gasteiger partial charge in [-0.15, -0.1) is 0 Å². The van der Waals surface area contributed by atoms with Gasteiger partial charge in [-0.1, -0.05) is 50.6 Å². The van der Waals surface area contributed by atoms with Crippen LogP contribution in [0.1, 0.15) is 45.2 Å². The zero-order chi connectivity index (χ0) is 14.6. The minimum absolute atomic E-state index is 0.132. The number of benzene rings is 1. The molecule has 0 saturated carbocycles. The lowest BCUT2D eigenvalue weighted by molar-refractivity contribution is -0.00381. The van der Waals surface area contributed by atoms with Crippen LogP contribution in [0.5, 0.6) is 0 Å². The van der Waals surface area contributed by atoms with Gasteiger partial charge >= 0.3 is 0 Å². The summed E-state index contributed by atoms with van der Waals surface area (Å²) in [5, 5.41) is 3.49. The lowest BCUT2D eigenvalue weighted by Gasteiger charge is -2.25. The highest BCUT2D eigenvalue weighted by Gasteiger charge is 2.18. The maximum atomic E-state index is 5.90. The molecule has 0 aliphatic heterocycles. The number of ether oxygens (including phenoxy) is 2. The van der Waals surface area contributed by atoms with Crippen LogP contribution >= 0.6 is 0 Å². The molecule has 0 aliphatic carbocycles. The fraction of sp³-hybridized carbons (Fsp3) is 0.647. The van der Waals surface area contributed by atoms with Gasteiger partial charge in [-0.05, 0) is 25.5 Å². The number of likely N-dealkylation sites (N-methyl/N-ethyl adjacent to an activating group) is 1. The lowest BCUT2D eigenvalue weighted by Crippen LogP contribution is -2.32. The van der Waals surface area contributed by atoms with Gasteiger partial charge in [0.15, 0.2) is 0 Å². The van der Waals surface area contributed by atoms with Gasteiger partial charge in [-0.25, -0.2) is 0 Å². The van der Waals surface area contributed by atoms with E-state index >= 15 is 0 Å². The minimum atomic E-state index is 0.132. The van der Waals surface area contributed by atoms with Crippen molar-refractivity contribution >= 4 is 0 Å². The van der Waals surface area contributed by atoms with Crippen LogP contribution in [0.4, 0.5) is 0 Å². The number of hydrogen-bond acceptors (Lipinski definition) is 3. The van der Waals surface area contributed by atoms with Crippen LogP contribution < -0.4 is 5.32 Å². The zero-order valence-corrected chi connectivity index (χ0v) is 13.1. The molecule has 0 saturated heterocycles. The number of unbranched alkanes of at least 4 members (excludes halogenated alkanes) is 1. The zero-order valence-electron chi connectivity index (χ0n) is 13.1. The predicted molar refractivity (Wildman–Crippen MR) is 84.0 cm³/mol. The molecule has 0 radical (unpaired) electrons. The van der Waals surface area contributed by atoms with E-state index < -0.39 is 0 Å². The number of hydrogen-bond donors (Lipinski definition) is 1. The van der Waals surface area contributed by atoms with Crippen LogP contribution in [0.3, 0.4) is 0 Å². The molecule has 2 unspecified atom stereocenters. The van der Waals surface area contributed by atoms with Gasteiger partial charge in [-0.3, -0.25) is 0 Å². The van der Waals surface area contributed by atoms with Crippen molar-refractivity contribution in [3.05, 3.63) is 35.9 Å².